The maximum Gasteiger partial charge on any atom is 0.229 e. The number of halogens is 1. The van der Waals surface area contributed by atoms with Crippen LogP contribution in [0.4, 0.5) is 10.1 Å². The molecule has 0 spiro atoms. The number of fused-ring (bicyclic) bond motifs is 1. The van der Waals surface area contributed by atoms with E-state index in [1.807, 2.05) is 0 Å². The van der Waals surface area contributed by atoms with Gasteiger partial charge in [-0.05, 0) is 41.8 Å². The molecule has 4 nitrogen and oxygen atoms in total. The lowest BCUT2D eigenvalue weighted by Gasteiger charge is -2.42. The van der Waals surface area contributed by atoms with E-state index in [9.17, 15) is 14.4 Å². The number of aryl methyl sites for hydroxylation is 1. The number of carbonyl (C=O) groups excluding carboxylic acids is 1. The van der Waals surface area contributed by atoms with Crippen molar-refractivity contribution in [1.82, 2.24) is 4.90 Å². The summed E-state index contributed by atoms with van der Waals surface area (Å²) in [6.45, 7) is 2.54. The second-order valence-electron chi connectivity index (χ2n) is 6.94. The average molecular weight is 393 g/mol. The topological polar surface area (TPSA) is 47.3 Å². The van der Waals surface area contributed by atoms with Crippen molar-refractivity contribution in [3.8, 4) is 6.07 Å². The van der Waals surface area contributed by atoms with Crippen LogP contribution in [0.25, 0.3) is 0 Å². The Morgan fingerprint density at radius 2 is 2.04 bits per heavy atom. The van der Waals surface area contributed by atoms with Gasteiger partial charge in [-0.25, -0.2) is 4.39 Å². The molecule has 0 aliphatic carbocycles. The summed E-state index contributed by atoms with van der Waals surface area (Å²) in [4.78, 5) is 16.7. The highest BCUT2D eigenvalue weighted by atomic mass is 32.2. The molecule has 2 aromatic rings. The van der Waals surface area contributed by atoms with Gasteiger partial charge in [-0.1, -0.05) is 43.0 Å². The van der Waals surface area contributed by atoms with E-state index in [0.29, 0.717) is 28.7 Å². The average Bonchev–Trinajstić information content (AvgIpc) is 2.73. The summed E-state index contributed by atoms with van der Waals surface area (Å²) in [5.74, 6) is -0.119. The van der Waals surface area contributed by atoms with E-state index in [0.717, 1.165) is 12.1 Å². The highest BCUT2D eigenvalue weighted by Crippen LogP contribution is 2.43. The summed E-state index contributed by atoms with van der Waals surface area (Å²) in [5.41, 5.74) is 3.56. The molecule has 2 aliphatic rings. The molecule has 0 aromatic heterocycles. The van der Waals surface area contributed by atoms with E-state index in [2.05, 4.69) is 42.2 Å². The lowest BCUT2D eigenvalue weighted by atomic mass is 9.86. The standard InChI is InChI=1S/C22H20FN3OS/c1-2-15-6-8-18(9-7-15)25-13-26-21(27)11-19(16-4-3-5-17(23)10-16)20(12-24)22(26)28-14-25/h3-10,19H,2,11,13-14H2,1H3. The minimum Gasteiger partial charge on any atom is -0.344 e. The zero-order chi connectivity index (χ0) is 19.7. The first-order valence-electron chi connectivity index (χ1n) is 9.27. The number of benzene rings is 2. The van der Waals surface area contributed by atoms with Crippen molar-refractivity contribution in [2.24, 2.45) is 0 Å². The van der Waals surface area contributed by atoms with Gasteiger partial charge in [0, 0.05) is 18.0 Å². The molecule has 142 valence electrons. The van der Waals surface area contributed by atoms with Gasteiger partial charge in [-0.2, -0.15) is 5.26 Å². The van der Waals surface area contributed by atoms with E-state index in [1.54, 1.807) is 17.0 Å². The van der Waals surface area contributed by atoms with Crippen molar-refractivity contribution in [1.29, 1.82) is 5.26 Å². The molecule has 28 heavy (non-hydrogen) atoms. The van der Waals surface area contributed by atoms with Crippen molar-refractivity contribution in [3.05, 3.63) is 76.1 Å². The summed E-state index contributed by atoms with van der Waals surface area (Å²) >= 11 is 1.49. The number of hydrogen-bond donors (Lipinski definition) is 0. The zero-order valence-corrected chi connectivity index (χ0v) is 16.4. The molecule has 0 radical (unpaired) electrons. The largest absolute Gasteiger partial charge is 0.344 e. The monoisotopic (exact) mass is 393 g/mol. The number of amides is 1. The van der Waals surface area contributed by atoms with Gasteiger partial charge in [-0.3, -0.25) is 9.69 Å². The lowest BCUT2D eigenvalue weighted by Crippen LogP contribution is -2.47. The van der Waals surface area contributed by atoms with Gasteiger partial charge in [0.1, 0.15) is 5.82 Å². The lowest BCUT2D eigenvalue weighted by molar-refractivity contribution is -0.129. The third kappa shape index (κ3) is 3.38. The Labute approximate surface area is 168 Å². The smallest absolute Gasteiger partial charge is 0.229 e. The Morgan fingerprint density at radius 1 is 1.25 bits per heavy atom. The number of rotatable bonds is 3. The SMILES string of the molecule is CCc1ccc(N2CSC3=C(C#N)C(c4cccc(F)c4)CC(=O)N3C2)cc1. The fraction of sp³-hybridized carbons (Fsp3) is 0.273. The molecule has 0 N–H and O–H groups in total. The Bertz CT molecular complexity index is 980. The molecule has 1 saturated heterocycles. The van der Waals surface area contributed by atoms with Crippen LogP contribution in [0.2, 0.25) is 0 Å². The quantitative estimate of drug-likeness (QED) is 0.764. The maximum absolute atomic E-state index is 13.7. The summed E-state index contributed by atoms with van der Waals surface area (Å²) < 4.78 is 13.7. The minimum atomic E-state index is -0.387. The number of nitrogens with zero attached hydrogens (tertiary/aromatic N) is 3. The molecular formula is C22H20FN3OS. The number of allylic oxidation sites excluding steroid dienone is 1. The molecule has 1 atom stereocenters. The van der Waals surface area contributed by atoms with E-state index < -0.39 is 0 Å². The van der Waals surface area contributed by atoms with E-state index in [4.69, 9.17) is 0 Å². The van der Waals surface area contributed by atoms with Gasteiger partial charge >= 0.3 is 0 Å². The van der Waals surface area contributed by atoms with Crippen molar-refractivity contribution in [2.45, 2.75) is 25.7 Å². The minimum absolute atomic E-state index is 0.0364. The second kappa shape index (κ2) is 7.69. The maximum atomic E-state index is 13.7. The fourth-order valence-electron chi connectivity index (χ4n) is 3.68. The van der Waals surface area contributed by atoms with Gasteiger partial charge < -0.3 is 4.90 Å². The number of nitriles is 1. The van der Waals surface area contributed by atoms with Crippen LogP contribution >= 0.6 is 11.8 Å². The van der Waals surface area contributed by atoms with Crippen LogP contribution in [0, 0.1) is 17.1 Å². The van der Waals surface area contributed by atoms with Gasteiger partial charge in [0.15, 0.2) is 0 Å². The summed E-state index contributed by atoms with van der Waals surface area (Å²) in [5, 5.41) is 10.5. The molecule has 1 unspecified atom stereocenters. The van der Waals surface area contributed by atoms with Crippen LogP contribution in [-0.2, 0) is 11.2 Å². The molecule has 1 fully saturated rings. The molecule has 6 heteroatoms. The van der Waals surface area contributed by atoms with Crippen LogP contribution in [0.15, 0.2) is 59.1 Å². The predicted molar refractivity (Wildman–Crippen MR) is 109 cm³/mol. The first kappa shape index (κ1) is 18.6. The molecule has 1 amide bonds. The van der Waals surface area contributed by atoms with Gasteiger partial charge in [0.2, 0.25) is 5.91 Å². The molecule has 2 heterocycles. The number of thioether (sulfide) groups is 1. The Hall–Kier alpha value is -2.78. The van der Waals surface area contributed by atoms with Gasteiger partial charge in [0.25, 0.3) is 0 Å². The Balaban J connectivity index is 1.64. The highest BCUT2D eigenvalue weighted by molar-refractivity contribution is 8.03. The first-order chi connectivity index (χ1) is 13.6. The van der Waals surface area contributed by atoms with E-state index in [-0.39, 0.29) is 24.1 Å². The molecular weight excluding hydrogens is 373 g/mol. The van der Waals surface area contributed by atoms with Crippen LogP contribution in [0.3, 0.4) is 0 Å². The summed E-state index contributed by atoms with van der Waals surface area (Å²) in [6, 6.07) is 16.8. The van der Waals surface area contributed by atoms with Crippen LogP contribution in [0.1, 0.15) is 30.4 Å². The Kier molecular flexibility index (Phi) is 5.10. The van der Waals surface area contributed by atoms with Crippen LogP contribution < -0.4 is 4.90 Å². The summed E-state index contributed by atoms with van der Waals surface area (Å²) in [7, 11) is 0. The third-order valence-corrected chi connectivity index (χ3v) is 6.41. The zero-order valence-electron chi connectivity index (χ0n) is 15.6. The fourth-order valence-corrected chi connectivity index (χ4v) is 4.84. The number of hydrogen-bond acceptors (Lipinski definition) is 4. The third-order valence-electron chi connectivity index (χ3n) is 5.25. The van der Waals surface area contributed by atoms with Crippen LogP contribution in [-0.4, -0.2) is 23.4 Å². The van der Waals surface area contributed by atoms with Crippen molar-refractivity contribution in [3.63, 3.8) is 0 Å². The Morgan fingerprint density at radius 3 is 2.71 bits per heavy atom. The normalized spacial score (nSPS) is 19.5. The van der Waals surface area contributed by atoms with Crippen molar-refractivity contribution in [2.75, 3.05) is 17.4 Å². The molecule has 0 saturated carbocycles. The van der Waals surface area contributed by atoms with Crippen molar-refractivity contribution < 1.29 is 9.18 Å². The number of anilines is 1. The van der Waals surface area contributed by atoms with E-state index in [1.165, 1.54) is 29.5 Å². The van der Waals surface area contributed by atoms with Gasteiger partial charge in [0.05, 0.1) is 29.2 Å². The predicted octanol–water partition coefficient (Wildman–Crippen LogP) is 4.61. The van der Waals surface area contributed by atoms with Crippen molar-refractivity contribution >= 4 is 23.4 Å². The number of carbonyl (C=O) groups is 1. The highest BCUT2D eigenvalue weighted by Gasteiger charge is 2.38. The van der Waals surface area contributed by atoms with E-state index >= 15 is 0 Å². The molecule has 0 bridgehead atoms. The first-order valence-corrected chi connectivity index (χ1v) is 10.3. The van der Waals surface area contributed by atoms with Crippen LogP contribution in [0.5, 0.6) is 0 Å². The molecule has 2 aromatic carbocycles. The second-order valence-corrected chi connectivity index (χ2v) is 7.87. The molecule has 2 aliphatic heterocycles. The summed E-state index contributed by atoms with van der Waals surface area (Å²) in [6.07, 6.45) is 1.17. The van der Waals surface area contributed by atoms with Gasteiger partial charge in [-0.15, -0.1) is 0 Å². The molecule has 4 rings (SSSR count).